The number of amides is 3. The molecule has 0 atom stereocenters. The third-order valence-corrected chi connectivity index (χ3v) is 1.93. The third kappa shape index (κ3) is 4.12. The Balaban J connectivity index is 2.60. The number of nitrogens with two attached hydrogens (primary N) is 2. The van der Waals surface area contributed by atoms with Gasteiger partial charge in [0, 0.05) is 5.69 Å². The van der Waals surface area contributed by atoms with Crippen molar-refractivity contribution in [2.45, 2.75) is 6.92 Å². The number of carbonyl (C=O) groups is 3. The summed E-state index contributed by atoms with van der Waals surface area (Å²) in [6, 6.07) is 3.69. The molecule has 3 amide bonds. The third-order valence-electron chi connectivity index (χ3n) is 1.93. The van der Waals surface area contributed by atoms with Crippen LogP contribution < -0.4 is 16.8 Å². The van der Waals surface area contributed by atoms with E-state index in [4.69, 9.17) is 11.5 Å². The molecule has 1 aromatic rings. The molecule has 0 aromatic heterocycles. The van der Waals surface area contributed by atoms with Gasteiger partial charge in [-0.1, -0.05) is 0 Å². The molecule has 96 valence electrons. The van der Waals surface area contributed by atoms with Crippen molar-refractivity contribution in [1.29, 1.82) is 0 Å². The van der Waals surface area contributed by atoms with Crippen LogP contribution in [-0.2, 0) is 9.53 Å². The lowest BCUT2D eigenvalue weighted by Crippen LogP contribution is -2.37. The first kappa shape index (κ1) is 13.5. The van der Waals surface area contributed by atoms with E-state index in [9.17, 15) is 14.4 Å². The number of nitrogens with one attached hydrogen (secondary N) is 1. The van der Waals surface area contributed by atoms with Gasteiger partial charge in [-0.3, -0.25) is 10.1 Å². The second kappa shape index (κ2) is 5.67. The van der Waals surface area contributed by atoms with Gasteiger partial charge in [0.1, 0.15) is 0 Å². The number of benzene rings is 1. The lowest BCUT2D eigenvalue weighted by atomic mass is 10.1. The van der Waals surface area contributed by atoms with Gasteiger partial charge in [-0.15, -0.1) is 0 Å². The number of hydrogen-bond donors (Lipinski definition) is 3. The number of rotatable bonds is 3. The average Bonchev–Trinajstić information content (AvgIpc) is 2.23. The predicted molar refractivity (Wildman–Crippen MR) is 63.6 cm³/mol. The van der Waals surface area contributed by atoms with E-state index in [1.807, 2.05) is 0 Å². The molecule has 0 radical (unpaired) electrons. The summed E-state index contributed by atoms with van der Waals surface area (Å²) in [5, 5.41) is 1.77. The Kier molecular flexibility index (Phi) is 4.25. The van der Waals surface area contributed by atoms with Crippen molar-refractivity contribution in [3.8, 4) is 0 Å². The summed E-state index contributed by atoms with van der Waals surface area (Å²) >= 11 is 0. The molecule has 0 fully saturated rings. The molecular formula is C11H13N3O4. The Morgan fingerprint density at radius 2 is 1.94 bits per heavy atom. The molecule has 0 aliphatic heterocycles. The van der Waals surface area contributed by atoms with E-state index in [1.54, 1.807) is 24.4 Å². The van der Waals surface area contributed by atoms with Crippen molar-refractivity contribution in [3.63, 3.8) is 0 Å². The van der Waals surface area contributed by atoms with Crippen LogP contribution in [0.15, 0.2) is 18.2 Å². The van der Waals surface area contributed by atoms with Crippen LogP contribution in [0.2, 0.25) is 0 Å². The Hall–Kier alpha value is -2.57. The first-order valence-corrected chi connectivity index (χ1v) is 5.02. The van der Waals surface area contributed by atoms with Gasteiger partial charge in [0.15, 0.2) is 6.61 Å². The molecule has 0 saturated heterocycles. The number of hydrogen-bond acceptors (Lipinski definition) is 5. The Bertz CT molecular complexity index is 479. The van der Waals surface area contributed by atoms with E-state index in [0.29, 0.717) is 5.69 Å². The molecule has 7 nitrogen and oxygen atoms in total. The zero-order chi connectivity index (χ0) is 13.7. The molecule has 1 aromatic carbocycles. The van der Waals surface area contributed by atoms with Gasteiger partial charge in [-0.05, 0) is 30.7 Å². The summed E-state index contributed by atoms with van der Waals surface area (Å²) in [4.78, 5) is 32.9. The second-order valence-corrected chi connectivity index (χ2v) is 3.62. The van der Waals surface area contributed by atoms with E-state index < -0.39 is 24.5 Å². The lowest BCUT2D eigenvalue weighted by molar-refractivity contribution is -0.123. The summed E-state index contributed by atoms with van der Waals surface area (Å²) in [5.74, 6) is -1.50. The van der Waals surface area contributed by atoms with Crippen LogP contribution in [0.1, 0.15) is 15.9 Å². The normalized spacial score (nSPS) is 9.61. The van der Waals surface area contributed by atoms with Crippen LogP contribution in [-0.4, -0.2) is 24.5 Å². The highest BCUT2D eigenvalue weighted by Crippen LogP contribution is 2.12. The van der Waals surface area contributed by atoms with Gasteiger partial charge in [0.25, 0.3) is 5.91 Å². The average molecular weight is 251 g/mol. The van der Waals surface area contributed by atoms with Crippen molar-refractivity contribution in [1.82, 2.24) is 5.32 Å². The number of ether oxygens (including phenoxy) is 1. The molecule has 5 N–H and O–H groups in total. The lowest BCUT2D eigenvalue weighted by Gasteiger charge is -2.06. The molecule has 0 spiro atoms. The number of primary amides is 1. The second-order valence-electron chi connectivity index (χ2n) is 3.62. The quantitative estimate of drug-likeness (QED) is 0.512. The van der Waals surface area contributed by atoms with Crippen molar-refractivity contribution in [2.24, 2.45) is 5.73 Å². The van der Waals surface area contributed by atoms with Crippen molar-refractivity contribution < 1.29 is 19.1 Å². The highest BCUT2D eigenvalue weighted by molar-refractivity contribution is 5.96. The van der Waals surface area contributed by atoms with Crippen molar-refractivity contribution in [3.05, 3.63) is 29.3 Å². The smallest absolute Gasteiger partial charge is 0.338 e. The van der Waals surface area contributed by atoms with Crippen LogP contribution in [0.4, 0.5) is 10.5 Å². The van der Waals surface area contributed by atoms with Crippen LogP contribution in [0.25, 0.3) is 0 Å². The Morgan fingerprint density at radius 3 is 2.50 bits per heavy atom. The summed E-state index contributed by atoms with van der Waals surface area (Å²) in [6.07, 6.45) is 0. The van der Waals surface area contributed by atoms with Gasteiger partial charge in [0.05, 0.1) is 5.56 Å². The molecule has 1 rings (SSSR count). The molecule has 0 bridgehead atoms. The predicted octanol–water partition coefficient (Wildman–Crippen LogP) is -0.0711. The number of carbonyl (C=O) groups excluding carboxylic acids is 3. The number of nitrogen functional groups attached to an aromatic ring is 1. The number of anilines is 1. The fraction of sp³-hybridized carbons (Fsp3) is 0.182. The first-order chi connectivity index (χ1) is 8.38. The van der Waals surface area contributed by atoms with Crippen LogP contribution in [0.5, 0.6) is 0 Å². The minimum Gasteiger partial charge on any atom is -0.452 e. The van der Waals surface area contributed by atoms with Crippen LogP contribution in [0, 0.1) is 6.92 Å². The van der Waals surface area contributed by atoms with Gasteiger partial charge >= 0.3 is 12.0 Å². The topological polar surface area (TPSA) is 125 Å². The highest BCUT2D eigenvalue weighted by atomic mass is 16.5. The van der Waals surface area contributed by atoms with E-state index >= 15 is 0 Å². The number of esters is 1. The minimum absolute atomic E-state index is 0.236. The maximum atomic E-state index is 11.6. The summed E-state index contributed by atoms with van der Waals surface area (Å²) in [5.41, 5.74) is 11.7. The maximum Gasteiger partial charge on any atom is 0.338 e. The Labute approximate surface area is 103 Å². The highest BCUT2D eigenvalue weighted by Gasteiger charge is 2.11. The SMILES string of the molecule is Cc1cc(N)cc(C(=O)OCC(=O)NC(N)=O)c1. The number of aryl methyl sites for hydroxylation is 1. The fourth-order valence-electron chi connectivity index (χ4n) is 1.32. The standard InChI is InChI=1S/C11H13N3O4/c1-6-2-7(4-8(12)3-6)10(16)18-5-9(15)14-11(13)17/h2-4H,5,12H2,1H3,(H3,13,14,15,17). The largest absolute Gasteiger partial charge is 0.452 e. The Morgan fingerprint density at radius 1 is 1.28 bits per heavy atom. The molecule has 0 unspecified atom stereocenters. The van der Waals surface area contributed by atoms with E-state index in [2.05, 4.69) is 4.74 Å². The van der Waals surface area contributed by atoms with Gasteiger partial charge in [-0.25, -0.2) is 9.59 Å². The molecule has 0 aliphatic carbocycles. The molecule has 0 heterocycles. The van der Waals surface area contributed by atoms with E-state index in [0.717, 1.165) is 5.56 Å². The van der Waals surface area contributed by atoms with Crippen LogP contribution in [0.3, 0.4) is 0 Å². The zero-order valence-electron chi connectivity index (χ0n) is 9.73. The van der Waals surface area contributed by atoms with Crippen molar-refractivity contribution in [2.75, 3.05) is 12.3 Å². The minimum atomic E-state index is -1.00. The van der Waals surface area contributed by atoms with Gasteiger partial charge in [0.2, 0.25) is 0 Å². The molecule has 0 saturated carbocycles. The first-order valence-electron chi connectivity index (χ1n) is 5.02. The molecule has 18 heavy (non-hydrogen) atoms. The molecular weight excluding hydrogens is 238 g/mol. The van der Waals surface area contributed by atoms with Gasteiger partial charge < -0.3 is 16.2 Å². The fourth-order valence-corrected chi connectivity index (χ4v) is 1.32. The number of imide groups is 1. The summed E-state index contributed by atoms with van der Waals surface area (Å²) in [7, 11) is 0. The van der Waals surface area contributed by atoms with Gasteiger partial charge in [-0.2, -0.15) is 0 Å². The van der Waals surface area contributed by atoms with E-state index in [-0.39, 0.29) is 5.56 Å². The van der Waals surface area contributed by atoms with E-state index in [1.165, 1.54) is 6.07 Å². The maximum absolute atomic E-state index is 11.6. The molecule has 0 aliphatic rings. The summed E-state index contributed by atoms with van der Waals surface area (Å²) < 4.78 is 4.69. The molecule has 7 heteroatoms. The number of urea groups is 1. The van der Waals surface area contributed by atoms with Crippen LogP contribution >= 0.6 is 0 Å². The monoisotopic (exact) mass is 251 g/mol. The van der Waals surface area contributed by atoms with Crippen molar-refractivity contribution >= 4 is 23.6 Å². The summed E-state index contributed by atoms with van der Waals surface area (Å²) in [6.45, 7) is 1.18. The zero-order valence-corrected chi connectivity index (χ0v) is 9.73.